The van der Waals surface area contributed by atoms with Gasteiger partial charge >= 0.3 is 5.97 Å². The van der Waals surface area contributed by atoms with Crippen LogP contribution in [0.5, 0.6) is 0 Å². The number of carbonyl (C=O) groups is 1. The Balaban J connectivity index is 3.10. The van der Waals surface area contributed by atoms with Gasteiger partial charge in [0.1, 0.15) is 0 Å². The fourth-order valence-corrected chi connectivity index (χ4v) is 2.06. The largest absolute Gasteiger partial charge is 0.459 e. The SMILES string of the molecule is CCCCCCCCCCCCCC#CC(=O)OC. The smallest absolute Gasteiger partial charge is 0.384 e. The van der Waals surface area contributed by atoms with Crippen LogP contribution in [0.2, 0.25) is 0 Å². The summed E-state index contributed by atoms with van der Waals surface area (Å²) in [5.41, 5.74) is 0. The van der Waals surface area contributed by atoms with Crippen LogP contribution in [0.3, 0.4) is 0 Å². The highest BCUT2D eigenvalue weighted by Gasteiger charge is 1.93. The van der Waals surface area contributed by atoms with Crippen molar-refractivity contribution in [1.82, 2.24) is 0 Å². The lowest BCUT2D eigenvalue weighted by Crippen LogP contribution is -1.94. The maximum Gasteiger partial charge on any atom is 0.384 e. The maximum absolute atomic E-state index is 10.7. The molecule has 0 saturated carbocycles. The minimum absolute atomic E-state index is 0.428. The van der Waals surface area contributed by atoms with Crippen molar-refractivity contribution in [3.05, 3.63) is 0 Å². The normalized spacial score (nSPS) is 9.79. The number of hydrogen-bond donors (Lipinski definition) is 0. The Labute approximate surface area is 119 Å². The van der Waals surface area contributed by atoms with Crippen LogP contribution < -0.4 is 0 Å². The van der Waals surface area contributed by atoms with E-state index in [1.807, 2.05) is 0 Å². The van der Waals surface area contributed by atoms with E-state index in [4.69, 9.17) is 0 Å². The molecule has 0 N–H and O–H groups in total. The van der Waals surface area contributed by atoms with Crippen LogP contribution in [0, 0.1) is 11.8 Å². The molecule has 2 nitrogen and oxygen atoms in total. The molecule has 0 heterocycles. The molecule has 110 valence electrons. The predicted octanol–water partition coefficient (Wildman–Crippen LogP) is 4.86. The molecular weight excluding hydrogens is 236 g/mol. The van der Waals surface area contributed by atoms with Gasteiger partial charge in [0.2, 0.25) is 0 Å². The second-order valence-corrected chi connectivity index (χ2v) is 5.08. The molecule has 19 heavy (non-hydrogen) atoms. The molecule has 0 atom stereocenters. The first-order valence-electron chi connectivity index (χ1n) is 7.88. The summed E-state index contributed by atoms with van der Waals surface area (Å²) < 4.78 is 4.44. The molecule has 0 aromatic rings. The highest BCUT2D eigenvalue weighted by Crippen LogP contribution is 2.11. The molecule has 0 spiro atoms. The number of carbonyl (C=O) groups excluding carboxylic acids is 1. The third-order valence-electron chi connectivity index (χ3n) is 3.28. The first-order valence-corrected chi connectivity index (χ1v) is 7.88. The lowest BCUT2D eigenvalue weighted by molar-refractivity contribution is -0.133. The Bertz CT molecular complexity index is 260. The zero-order valence-electron chi connectivity index (χ0n) is 12.8. The van der Waals surface area contributed by atoms with Crippen LogP contribution in [0.25, 0.3) is 0 Å². The van der Waals surface area contributed by atoms with Crippen LogP contribution in [-0.2, 0) is 9.53 Å². The van der Waals surface area contributed by atoms with E-state index in [2.05, 4.69) is 23.5 Å². The summed E-state index contributed by atoms with van der Waals surface area (Å²) in [5, 5.41) is 0. The summed E-state index contributed by atoms with van der Waals surface area (Å²) >= 11 is 0. The summed E-state index contributed by atoms with van der Waals surface area (Å²) in [4.78, 5) is 10.7. The molecule has 0 saturated heterocycles. The van der Waals surface area contributed by atoms with Crippen molar-refractivity contribution in [3.8, 4) is 11.8 Å². The molecule has 2 heteroatoms. The van der Waals surface area contributed by atoms with E-state index in [0.29, 0.717) is 0 Å². The lowest BCUT2D eigenvalue weighted by atomic mass is 10.1. The highest BCUT2D eigenvalue weighted by molar-refractivity contribution is 5.88. The summed E-state index contributed by atoms with van der Waals surface area (Å²) in [6.07, 6.45) is 15.5. The Morgan fingerprint density at radius 2 is 1.32 bits per heavy atom. The van der Waals surface area contributed by atoms with E-state index in [-0.39, 0.29) is 0 Å². The topological polar surface area (TPSA) is 26.3 Å². The van der Waals surface area contributed by atoms with Crippen molar-refractivity contribution in [2.24, 2.45) is 0 Å². The Morgan fingerprint density at radius 3 is 1.79 bits per heavy atom. The van der Waals surface area contributed by atoms with Crippen molar-refractivity contribution >= 4 is 5.97 Å². The summed E-state index contributed by atoms with van der Waals surface area (Å²) in [7, 11) is 1.36. The minimum Gasteiger partial charge on any atom is -0.459 e. The average molecular weight is 266 g/mol. The van der Waals surface area contributed by atoms with Crippen molar-refractivity contribution in [1.29, 1.82) is 0 Å². The Morgan fingerprint density at radius 1 is 0.842 bits per heavy atom. The van der Waals surface area contributed by atoms with E-state index < -0.39 is 5.97 Å². The van der Waals surface area contributed by atoms with E-state index in [0.717, 1.165) is 12.8 Å². The first kappa shape index (κ1) is 18.0. The zero-order valence-corrected chi connectivity index (χ0v) is 12.8. The van der Waals surface area contributed by atoms with Crippen LogP contribution >= 0.6 is 0 Å². The van der Waals surface area contributed by atoms with Gasteiger partial charge in [0.25, 0.3) is 0 Å². The number of unbranched alkanes of at least 4 members (excludes halogenated alkanes) is 11. The quantitative estimate of drug-likeness (QED) is 0.231. The summed E-state index contributed by atoms with van der Waals surface area (Å²) in [5.74, 6) is 4.87. The van der Waals surface area contributed by atoms with E-state index in [9.17, 15) is 4.79 Å². The number of rotatable bonds is 11. The van der Waals surface area contributed by atoms with Crippen LogP contribution in [0.15, 0.2) is 0 Å². The van der Waals surface area contributed by atoms with Gasteiger partial charge in [0, 0.05) is 12.3 Å². The van der Waals surface area contributed by atoms with E-state index >= 15 is 0 Å². The van der Waals surface area contributed by atoms with Gasteiger partial charge in [-0.3, -0.25) is 0 Å². The average Bonchev–Trinajstić information content (AvgIpc) is 2.43. The summed E-state index contributed by atoms with van der Waals surface area (Å²) in [6.45, 7) is 2.26. The van der Waals surface area contributed by atoms with Crippen molar-refractivity contribution in [2.75, 3.05) is 7.11 Å². The number of hydrogen-bond acceptors (Lipinski definition) is 2. The maximum atomic E-state index is 10.7. The second kappa shape index (κ2) is 15.1. The first-order chi connectivity index (χ1) is 9.31. The fraction of sp³-hybridized carbons (Fsp3) is 0.824. The number of ether oxygens (including phenoxy) is 1. The van der Waals surface area contributed by atoms with Crippen LogP contribution in [0.4, 0.5) is 0 Å². The third-order valence-corrected chi connectivity index (χ3v) is 3.28. The van der Waals surface area contributed by atoms with E-state index in [1.165, 1.54) is 71.3 Å². The van der Waals surface area contributed by atoms with Crippen LogP contribution in [-0.4, -0.2) is 13.1 Å². The van der Waals surface area contributed by atoms with Crippen LogP contribution in [0.1, 0.15) is 84.0 Å². The van der Waals surface area contributed by atoms with Gasteiger partial charge in [-0.15, -0.1) is 0 Å². The molecular formula is C17H30O2. The number of methoxy groups -OCH3 is 1. The van der Waals surface area contributed by atoms with Crippen molar-refractivity contribution in [3.63, 3.8) is 0 Å². The highest BCUT2D eigenvalue weighted by atomic mass is 16.5. The van der Waals surface area contributed by atoms with Gasteiger partial charge in [-0.1, -0.05) is 77.1 Å². The second-order valence-electron chi connectivity index (χ2n) is 5.08. The molecule has 0 radical (unpaired) electrons. The minimum atomic E-state index is -0.428. The number of esters is 1. The van der Waals surface area contributed by atoms with Gasteiger partial charge in [0.05, 0.1) is 7.11 Å². The molecule has 0 amide bonds. The molecule has 0 aliphatic heterocycles. The van der Waals surface area contributed by atoms with Gasteiger partial charge in [-0.25, -0.2) is 4.79 Å². The Kier molecular flexibility index (Phi) is 14.3. The molecule has 0 unspecified atom stereocenters. The van der Waals surface area contributed by atoms with Gasteiger partial charge in [-0.05, 0) is 6.42 Å². The van der Waals surface area contributed by atoms with Gasteiger partial charge in [0.15, 0.2) is 0 Å². The molecule has 0 aromatic carbocycles. The van der Waals surface area contributed by atoms with Gasteiger partial charge in [-0.2, -0.15) is 0 Å². The molecule has 0 rings (SSSR count). The third kappa shape index (κ3) is 15.0. The molecule has 0 aromatic heterocycles. The summed E-state index contributed by atoms with van der Waals surface area (Å²) in [6, 6.07) is 0. The standard InChI is InChI=1S/C17H30O2/c1-3-4-5-6-7-8-9-10-11-12-13-14-15-16-17(18)19-2/h3-14H2,1-2H3. The van der Waals surface area contributed by atoms with Crippen molar-refractivity contribution in [2.45, 2.75) is 84.0 Å². The molecule has 0 aliphatic carbocycles. The fourth-order valence-electron chi connectivity index (χ4n) is 2.06. The predicted molar refractivity (Wildman–Crippen MR) is 80.9 cm³/mol. The zero-order chi connectivity index (χ0) is 14.2. The molecule has 0 aliphatic rings. The van der Waals surface area contributed by atoms with Crippen molar-refractivity contribution < 1.29 is 9.53 Å². The van der Waals surface area contributed by atoms with E-state index in [1.54, 1.807) is 0 Å². The van der Waals surface area contributed by atoms with Gasteiger partial charge < -0.3 is 4.74 Å². The molecule has 0 bridgehead atoms. The molecule has 0 fully saturated rings. The Hall–Kier alpha value is -0.970. The lowest BCUT2D eigenvalue weighted by Gasteiger charge is -2.01. The monoisotopic (exact) mass is 266 g/mol.